The molecule has 2 heterocycles. The molecule has 3 heteroatoms. The summed E-state index contributed by atoms with van der Waals surface area (Å²) in [5.74, 6) is 0. The van der Waals surface area contributed by atoms with Gasteiger partial charge in [-0.05, 0) is 6.07 Å². The number of aromatic nitrogens is 3. The molecule has 0 aliphatic carbocycles. The molecule has 0 saturated heterocycles. The molecule has 0 atom stereocenters. The van der Waals surface area contributed by atoms with E-state index in [-0.39, 0.29) is 5.41 Å². The van der Waals surface area contributed by atoms with Gasteiger partial charge in [0.25, 0.3) is 0 Å². The summed E-state index contributed by atoms with van der Waals surface area (Å²) in [5.41, 5.74) is 2.79. The number of hydrogen-bond acceptors (Lipinski definition) is 3. The molecule has 0 aliphatic rings. The van der Waals surface area contributed by atoms with Crippen LogP contribution in [0, 0.1) is 0 Å². The zero-order valence-corrected chi connectivity index (χ0v) is 8.65. The second-order valence-electron chi connectivity index (χ2n) is 4.37. The molecule has 0 radical (unpaired) electrons. The molecule has 14 heavy (non-hydrogen) atoms. The highest BCUT2D eigenvalue weighted by atomic mass is 14.8. The van der Waals surface area contributed by atoms with E-state index >= 15 is 0 Å². The topological polar surface area (TPSA) is 38.7 Å². The third-order valence-electron chi connectivity index (χ3n) is 2.11. The van der Waals surface area contributed by atoms with E-state index in [2.05, 4.69) is 35.7 Å². The SMILES string of the molecule is CC(C)(C)c1cnc2ccncc2n1. The number of rotatable bonds is 0. The monoisotopic (exact) mass is 187 g/mol. The third kappa shape index (κ3) is 1.58. The molecule has 0 spiro atoms. The van der Waals surface area contributed by atoms with Crippen molar-refractivity contribution in [2.45, 2.75) is 26.2 Å². The van der Waals surface area contributed by atoms with E-state index in [0.29, 0.717) is 0 Å². The Morgan fingerprint density at radius 2 is 1.86 bits per heavy atom. The lowest BCUT2D eigenvalue weighted by Gasteiger charge is -2.16. The van der Waals surface area contributed by atoms with Crippen LogP contribution < -0.4 is 0 Å². The summed E-state index contributed by atoms with van der Waals surface area (Å²) in [5, 5.41) is 0. The van der Waals surface area contributed by atoms with E-state index in [1.54, 1.807) is 12.4 Å². The Hall–Kier alpha value is -1.51. The number of nitrogens with zero attached hydrogens (tertiary/aromatic N) is 3. The second-order valence-corrected chi connectivity index (χ2v) is 4.37. The standard InChI is InChI=1S/C11H13N3/c1-11(2,3)10-7-13-8-4-5-12-6-9(8)14-10/h4-7H,1-3H3. The average molecular weight is 187 g/mol. The van der Waals surface area contributed by atoms with Crippen molar-refractivity contribution in [1.29, 1.82) is 0 Å². The lowest BCUT2D eigenvalue weighted by molar-refractivity contribution is 0.568. The Balaban J connectivity index is 2.63. The van der Waals surface area contributed by atoms with Crippen LogP contribution >= 0.6 is 0 Å². The maximum absolute atomic E-state index is 4.52. The van der Waals surface area contributed by atoms with Crippen LogP contribution in [0.5, 0.6) is 0 Å². The Labute approximate surface area is 83.2 Å². The second kappa shape index (κ2) is 3.01. The summed E-state index contributed by atoms with van der Waals surface area (Å²) in [6.45, 7) is 6.37. The van der Waals surface area contributed by atoms with Gasteiger partial charge >= 0.3 is 0 Å². The third-order valence-corrected chi connectivity index (χ3v) is 2.11. The van der Waals surface area contributed by atoms with Crippen LogP contribution in [-0.2, 0) is 5.41 Å². The van der Waals surface area contributed by atoms with Crippen molar-refractivity contribution in [3.8, 4) is 0 Å². The van der Waals surface area contributed by atoms with Gasteiger partial charge in [-0.15, -0.1) is 0 Å². The van der Waals surface area contributed by atoms with Gasteiger partial charge in [-0.3, -0.25) is 9.97 Å². The molecule has 0 fully saturated rings. The predicted molar refractivity (Wildman–Crippen MR) is 56.0 cm³/mol. The van der Waals surface area contributed by atoms with E-state index in [1.807, 2.05) is 12.3 Å². The Morgan fingerprint density at radius 1 is 1.07 bits per heavy atom. The highest BCUT2D eigenvalue weighted by Crippen LogP contribution is 2.20. The van der Waals surface area contributed by atoms with E-state index in [0.717, 1.165) is 16.7 Å². The largest absolute Gasteiger partial charge is 0.262 e. The minimum absolute atomic E-state index is 0.0387. The molecule has 2 rings (SSSR count). The van der Waals surface area contributed by atoms with Crippen LogP contribution in [0.2, 0.25) is 0 Å². The smallest absolute Gasteiger partial charge is 0.107 e. The van der Waals surface area contributed by atoms with E-state index in [9.17, 15) is 0 Å². The van der Waals surface area contributed by atoms with Gasteiger partial charge in [-0.1, -0.05) is 20.8 Å². The Bertz CT molecular complexity index is 457. The molecule has 3 nitrogen and oxygen atoms in total. The van der Waals surface area contributed by atoms with Gasteiger partial charge in [0.05, 0.1) is 17.4 Å². The lowest BCUT2D eigenvalue weighted by Crippen LogP contribution is -2.13. The molecule has 0 N–H and O–H groups in total. The van der Waals surface area contributed by atoms with Crippen molar-refractivity contribution in [1.82, 2.24) is 15.0 Å². The van der Waals surface area contributed by atoms with Crippen molar-refractivity contribution >= 4 is 11.0 Å². The maximum Gasteiger partial charge on any atom is 0.107 e. The molecule has 0 saturated carbocycles. The van der Waals surface area contributed by atoms with Gasteiger partial charge in [0.1, 0.15) is 5.52 Å². The normalized spacial score (nSPS) is 11.9. The van der Waals surface area contributed by atoms with E-state index < -0.39 is 0 Å². The van der Waals surface area contributed by atoms with Gasteiger partial charge in [-0.25, -0.2) is 4.98 Å². The fourth-order valence-corrected chi connectivity index (χ4v) is 1.22. The predicted octanol–water partition coefficient (Wildman–Crippen LogP) is 2.32. The van der Waals surface area contributed by atoms with Gasteiger partial charge in [-0.2, -0.15) is 0 Å². The molecule has 72 valence electrons. The highest BCUT2D eigenvalue weighted by Gasteiger charge is 2.15. The van der Waals surface area contributed by atoms with Gasteiger partial charge in [0.2, 0.25) is 0 Å². The minimum Gasteiger partial charge on any atom is -0.262 e. The molecule has 2 aromatic heterocycles. The first-order valence-electron chi connectivity index (χ1n) is 4.64. The van der Waals surface area contributed by atoms with Crippen molar-refractivity contribution < 1.29 is 0 Å². The molecule has 0 unspecified atom stereocenters. The molecule has 2 aromatic rings. The van der Waals surface area contributed by atoms with Crippen molar-refractivity contribution in [2.75, 3.05) is 0 Å². The summed E-state index contributed by atoms with van der Waals surface area (Å²) in [7, 11) is 0. The van der Waals surface area contributed by atoms with Crippen LogP contribution in [0.3, 0.4) is 0 Å². The van der Waals surface area contributed by atoms with Crippen LogP contribution in [0.1, 0.15) is 26.5 Å². The van der Waals surface area contributed by atoms with Crippen molar-refractivity contribution in [3.05, 3.63) is 30.4 Å². The molecule has 0 bridgehead atoms. The van der Waals surface area contributed by atoms with Crippen molar-refractivity contribution in [3.63, 3.8) is 0 Å². The number of hydrogen-bond donors (Lipinski definition) is 0. The number of fused-ring (bicyclic) bond motifs is 1. The zero-order valence-electron chi connectivity index (χ0n) is 8.65. The summed E-state index contributed by atoms with van der Waals surface area (Å²) in [6.07, 6.45) is 5.31. The molecule has 0 aromatic carbocycles. The summed E-state index contributed by atoms with van der Waals surface area (Å²) in [6, 6.07) is 1.87. The molecular formula is C11H13N3. The van der Waals surface area contributed by atoms with Gasteiger partial charge < -0.3 is 0 Å². The fraction of sp³-hybridized carbons (Fsp3) is 0.364. The first-order valence-corrected chi connectivity index (χ1v) is 4.64. The minimum atomic E-state index is 0.0387. The molecular weight excluding hydrogens is 174 g/mol. The zero-order chi connectivity index (χ0) is 10.2. The van der Waals surface area contributed by atoms with Gasteiger partial charge in [0.15, 0.2) is 0 Å². The van der Waals surface area contributed by atoms with E-state index in [1.165, 1.54) is 0 Å². The summed E-state index contributed by atoms with van der Waals surface area (Å²) >= 11 is 0. The first-order chi connectivity index (χ1) is 6.57. The quantitative estimate of drug-likeness (QED) is 0.635. The highest BCUT2D eigenvalue weighted by molar-refractivity contribution is 5.72. The van der Waals surface area contributed by atoms with E-state index in [4.69, 9.17) is 0 Å². The van der Waals surface area contributed by atoms with Gasteiger partial charge in [0, 0.05) is 17.8 Å². The van der Waals surface area contributed by atoms with Crippen LogP contribution in [0.25, 0.3) is 11.0 Å². The Kier molecular flexibility index (Phi) is 1.95. The summed E-state index contributed by atoms with van der Waals surface area (Å²) < 4.78 is 0. The summed E-state index contributed by atoms with van der Waals surface area (Å²) in [4.78, 5) is 12.9. The number of pyridine rings is 1. The lowest BCUT2D eigenvalue weighted by atomic mass is 9.93. The first kappa shape index (κ1) is 9.06. The molecule has 0 aliphatic heterocycles. The van der Waals surface area contributed by atoms with Crippen LogP contribution in [-0.4, -0.2) is 15.0 Å². The fourth-order valence-electron chi connectivity index (χ4n) is 1.22. The maximum atomic E-state index is 4.52. The van der Waals surface area contributed by atoms with Crippen molar-refractivity contribution in [2.24, 2.45) is 0 Å². The Morgan fingerprint density at radius 3 is 2.57 bits per heavy atom. The molecule has 0 amide bonds. The average Bonchev–Trinajstić information content (AvgIpc) is 2.16. The van der Waals surface area contributed by atoms with Crippen LogP contribution in [0.4, 0.5) is 0 Å². The van der Waals surface area contributed by atoms with Crippen LogP contribution in [0.15, 0.2) is 24.7 Å².